The molecule has 0 bridgehead atoms. The lowest BCUT2D eigenvalue weighted by atomic mass is 10.0. The van der Waals surface area contributed by atoms with Gasteiger partial charge in [0.2, 0.25) is 0 Å². The third-order valence-electron chi connectivity index (χ3n) is 4.19. The predicted octanol–water partition coefficient (Wildman–Crippen LogP) is 5.87. The van der Waals surface area contributed by atoms with Gasteiger partial charge in [-0.15, -0.1) is 0 Å². The first-order valence-electron chi connectivity index (χ1n) is 8.57. The number of benzene rings is 2. The molecule has 0 spiro atoms. The minimum absolute atomic E-state index is 0.921. The second kappa shape index (κ2) is 7.77. The van der Waals surface area contributed by atoms with Crippen molar-refractivity contribution in [1.82, 2.24) is 9.97 Å². The summed E-state index contributed by atoms with van der Waals surface area (Å²) >= 11 is 0. The van der Waals surface area contributed by atoms with Crippen molar-refractivity contribution in [1.29, 1.82) is 0 Å². The molecule has 3 rings (SSSR count). The summed E-state index contributed by atoms with van der Waals surface area (Å²) in [6.07, 6.45) is 8.41. The number of hydrogen-bond donors (Lipinski definition) is 1. The molecule has 1 aromatic heterocycles. The third-order valence-corrected chi connectivity index (χ3v) is 4.19. The summed E-state index contributed by atoms with van der Waals surface area (Å²) in [5.74, 6) is 0.921. The van der Waals surface area contributed by atoms with Crippen LogP contribution in [0.4, 0.5) is 0 Å². The molecule has 0 saturated carbocycles. The maximum atomic E-state index is 4.71. The molecule has 23 heavy (non-hydrogen) atoms. The van der Waals surface area contributed by atoms with Gasteiger partial charge in [0.15, 0.2) is 0 Å². The largest absolute Gasteiger partial charge is 0.344 e. The van der Waals surface area contributed by atoms with E-state index in [4.69, 9.17) is 4.98 Å². The van der Waals surface area contributed by atoms with Crippen LogP contribution in [0, 0.1) is 0 Å². The first kappa shape index (κ1) is 15.5. The Balaban J connectivity index is 1.67. The molecule has 0 atom stereocenters. The fourth-order valence-electron chi connectivity index (χ4n) is 2.81. The summed E-state index contributed by atoms with van der Waals surface area (Å²) in [4.78, 5) is 7.98. The predicted molar refractivity (Wildman–Crippen MR) is 97.3 cm³/mol. The van der Waals surface area contributed by atoms with Gasteiger partial charge in [0, 0.05) is 17.3 Å². The van der Waals surface area contributed by atoms with Crippen LogP contribution in [0.15, 0.2) is 60.8 Å². The zero-order valence-corrected chi connectivity index (χ0v) is 13.8. The molecule has 0 amide bonds. The van der Waals surface area contributed by atoms with E-state index < -0.39 is 0 Å². The van der Waals surface area contributed by atoms with Crippen LogP contribution in [0.1, 0.15) is 38.2 Å². The van der Waals surface area contributed by atoms with Gasteiger partial charge in [0.05, 0.1) is 5.69 Å². The molecule has 1 N–H and O–H groups in total. The summed E-state index contributed by atoms with van der Waals surface area (Å²) in [5, 5.41) is 0. The van der Waals surface area contributed by atoms with Gasteiger partial charge in [0.25, 0.3) is 0 Å². The molecule has 1 heterocycles. The second-order valence-corrected chi connectivity index (χ2v) is 6.01. The SMILES string of the molecule is CCCCCCc1ccc(-c2c[nH]c(-c3ccccc3)n2)cc1. The Hall–Kier alpha value is -2.35. The average Bonchev–Trinajstić information content (AvgIpc) is 3.10. The quantitative estimate of drug-likeness (QED) is 0.544. The lowest BCUT2D eigenvalue weighted by Gasteiger charge is -2.03. The van der Waals surface area contributed by atoms with E-state index in [1.165, 1.54) is 43.2 Å². The fourth-order valence-corrected chi connectivity index (χ4v) is 2.81. The summed E-state index contributed by atoms with van der Waals surface area (Å²) in [6.45, 7) is 2.25. The van der Waals surface area contributed by atoms with Crippen LogP contribution in [0.25, 0.3) is 22.6 Å². The van der Waals surface area contributed by atoms with Crippen molar-refractivity contribution in [3.8, 4) is 22.6 Å². The van der Waals surface area contributed by atoms with Crippen molar-refractivity contribution in [2.24, 2.45) is 0 Å². The van der Waals surface area contributed by atoms with Gasteiger partial charge in [-0.1, -0.05) is 80.8 Å². The zero-order chi connectivity index (χ0) is 15.9. The van der Waals surface area contributed by atoms with E-state index in [9.17, 15) is 0 Å². The molecule has 3 aromatic rings. The van der Waals surface area contributed by atoms with Crippen molar-refractivity contribution in [3.63, 3.8) is 0 Å². The molecular weight excluding hydrogens is 280 g/mol. The van der Waals surface area contributed by atoms with E-state index in [1.54, 1.807) is 0 Å². The highest BCUT2D eigenvalue weighted by molar-refractivity contribution is 5.64. The van der Waals surface area contributed by atoms with Crippen LogP contribution in [0.2, 0.25) is 0 Å². The van der Waals surface area contributed by atoms with Gasteiger partial charge in [-0.3, -0.25) is 0 Å². The molecule has 118 valence electrons. The lowest BCUT2D eigenvalue weighted by molar-refractivity contribution is 0.667. The number of imidazole rings is 1. The topological polar surface area (TPSA) is 28.7 Å². The number of aromatic amines is 1. The summed E-state index contributed by atoms with van der Waals surface area (Å²) in [7, 11) is 0. The van der Waals surface area contributed by atoms with E-state index in [1.807, 2.05) is 24.4 Å². The Morgan fingerprint density at radius 3 is 2.35 bits per heavy atom. The molecule has 0 radical (unpaired) electrons. The summed E-state index contributed by atoms with van der Waals surface area (Å²) < 4.78 is 0. The number of unbranched alkanes of at least 4 members (excludes halogenated alkanes) is 3. The number of aromatic nitrogens is 2. The van der Waals surface area contributed by atoms with Crippen LogP contribution >= 0.6 is 0 Å². The number of rotatable bonds is 7. The van der Waals surface area contributed by atoms with Crippen molar-refractivity contribution >= 4 is 0 Å². The molecule has 0 aliphatic heterocycles. The standard InChI is InChI=1S/C21H24N2/c1-2-3-4-6-9-17-12-14-18(15-13-17)20-16-22-21(23-20)19-10-7-5-8-11-19/h5,7-8,10-16H,2-4,6,9H2,1H3,(H,22,23). The first-order valence-corrected chi connectivity index (χ1v) is 8.57. The minimum atomic E-state index is 0.921. The van der Waals surface area contributed by atoms with Gasteiger partial charge < -0.3 is 4.98 Å². The van der Waals surface area contributed by atoms with Gasteiger partial charge in [-0.05, 0) is 18.4 Å². The number of hydrogen-bond acceptors (Lipinski definition) is 1. The van der Waals surface area contributed by atoms with Crippen LogP contribution in [-0.2, 0) is 6.42 Å². The van der Waals surface area contributed by atoms with Crippen LogP contribution in [0.5, 0.6) is 0 Å². The molecule has 0 aliphatic carbocycles. The van der Waals surface area contributed by atoms with Crippen LogP contribution in [-0.4, -0.2) is 9.97 Å². The first-order chi connectivity index (χ1) is 11.4. The van der Waals surface area contributed by atoms with E-state index in [-0.39, 0.29) is 0 Å². The van der Waals surface area contributed by atoms with Crippen LogP contribution in [0.3, 0.4) is 0 Å². The van der Waals surface area contributed by atoms with E-state index in [0.29, 0.717) is 0 Å². The minimum Gasteiger partial charge on any atom is -0.344 e. The summed E-state index contributed by atoms with van der Waals surface area (Å²) in [5.41, 5.74) is 4.71. The Morgan fingerprint density at radius 1 is 0.826 bits per heavy atom. The molecule has 0 unspecified atom stereocenters. The third kappa shape index (κ3) is 4.10. The molecule has 2 nitrogen and oxygen atoms in total. The average molecular weight is 304 g/mol. The van der Waals surface area contributed by atoms with Gasteiger partial charge in [-0.2, -0.15) is 0 Å². The van der Waals surface area contributed by atoms with Gasteiger partial charge in [0.1, 0.15) is 5.82 Å². The van der Waals surface area contributed by atoms with E-state index in [0.717, 1.165) is 17.1 Å². The van der Waals surface area contributed by atoms with Crippen LogP contribution < -0.4 is 0 Å². The lowest BCUT2D eigenvalue weighted by Crippen LogP contribution is -1.86. The molecule has 2 aromatic carbocycles. The van der Waals surface area contributed by atoms with Crippen molar-refractivity contribution in [2.75, 3.05) is 0 Å². The summed E-state index contributed by atoms with van der Waals surface area (Å²) in [6, 6.07) is 19.1. The maximum Gasteiger partial charge on any atom is 0.138 e. The monoisotopic (exact) mass is 304 g/mol. The number of H-pyrrole nitrogens is 1. The maximum absolute atomic E-state index is 4.71. The highest BCUT2D eigenvalue weighted by Gasteiger charge is 2.05. The molecule has 0 aliphatic rings. The molecule has 2 heteroatoms. The Labute approximate surface area is 138 Å². The van der Waals surface area contributed by atoms with E-state index >= 15 is 0 Å². The normalized spacial score (nSPS) is 10.8. The molecule has 0 saturated heterocycles. The van der Waals surface area contributed by atoms with Gasteiger partial charge in [-0.25, -0.2) is 4.98 Å². The zero-order valence-electron chi connectivity index (χ0n) is 13.8. The molecular formula is C21H24N2. The van der Waals surface area contributed by atoms with Crippen molar-refractivity contribution in [3.05, 3.63) is 66.4 Å². The second-order valence-electron chi connectivity index (χ2n) is 6.01. The highest BCUT2D eigenvalue weighted by Crippen LogP contribution is 2.22. The Kier molecular flexibility index (Phi) is 5.25. The number of nitrogens with zero attached hydrogens (tertiary/aromatic N) is 1. The van der Waals surface area contributed by atoms with Crippen molar-refractivity contribution < 1.29 is 0 Å². The van der Waals surface area contributed by atoms with Crippen molar-refractivity contribution in [2.45, 2.75) is 39.0 Å². The van der Waals surface area contributed by atoms with Gasteiger partial charge >= 0.3 is 0 Å². The molecule has 0 fully saturated rings. The Morgan fingerprint density at radius 2 is 1.61 bits per heavy atom. The highest BCUT2D eigenvalue weighted by atomic mass is 14.9. The Bertz CT molecular complexity index is 711. The fraction of sp³-hybridized carbons (Fsp3) is 0.286. The number of nitrogens with one attached hydrogen (secondary N) is 1. The number of aryl methyl sites for hydroxylation is 1. The van der Waals surface area contributed by atoms with E-state index in [2.05, 4.69) is 48.3 Å². The smallest absolute Gasteiger partial charge is 0.138 e.